The molecular formula is C28H40FO2P. The molecular weight excluding hydrogens is 418 g/mol. The van der Waals surface area contributed by atoms with Gasteiger partial charge >= 0.3 is 0 Å². The highest BCUT2D eigenvalue weighted by Crippen LogP contribution is 2.51. The Morgan fingerprint density at radius 2 is 1.56 bits per heavy atom. The Morgan fingerprint density at radius 1 is 0.938 bits per heavy atom. The van der Waals surface area contributed by atoms with E-state index in [0.717, 1.165) is 48.4 Å². The van der Waals surface area contributed by atoms with Crippen LogP contribution in [0, 0.1) is 5.82 Å². The molecule has 1 N–H and O–H groups in total. The van der Waals surface area contributed by atoms with E-state index in [4.69, 9.17) is 0 Å². The zero-order valence-corrected chi connectivity index (χ0v) is 22.0. The van der Waals surface area contributed by atoms with Crippen molar-refractivity contribution >= 4 is 20.2 Å². The van der Waals surface area contributed by atoms with Crippen LogP contribution in [0.4, 0.5) is 4.39 Å². The number of hydrogen-bond donors (Lipinski definition) is 1. The van der Waals surface area contributed by atoms with E-state index >= 15 is 0 Å². The SMILES string of the molecule is CCCCCC(C)(Pc1ccc(F)cc1C=O)c1cc(C(C)(C)C)cc(C(C)(C)C)c1O. The van der Waals surface area contributed by atoms with Crippen LogP contribution in [0.2, 0.25) is 0 Å². The number of halogens is 1. The minimum atomic E-state index is -0.402. The molecule has 0 aromatic heterocycles. The Kier molecular flexibility index (Phi) is 8.32. The Morgan fingerprint density at radius 3 is 2.09 bits per heavy atom. The fourth-order valence-electron chi connectivity index (χ4n) is 4.10. The summed E-state index contributed by atoms with van der Waals surface area (Å²) in [7, 11) is 0.237. The van der Waals surface area contributed by atoms with Crippen LogP contribution in [0.15, 0.2) is 30.3 Å². The van der Waals surface area contributed by atoms with Gasteiger partial charge in [-0.25, -0.2) is 4.39 Å². The second-order valence-corrected chi connectivity index (χ2v) is 13.1. The van der Waals surface area contributed by atoms with Crippen molar-refractivity contribution in [1.82, 2.24) is 0 Å². The van der Waals surface area contributed by atoms with Crippen LogP contribution in [-0.4, -0.2) is 11.4 Å². The van der Waals surface area contributed by atoms with Crippen molar-refractivity contribution in [2.75, 3.05) is 0 Å². The number of rotatable bonds is 8. The third-order valence-electron chi connectivity index (χ3n) is 6.21. The predicted molar refractivity (Wildman–Crippen MR) is 137 cm³/mol. The van der Waals surface area contributed by atoms with Crippen molar-refractivity contribution in [1.29, 1.82) is 0 Å². The van der Waals surface area contributed by atoms with E-state index < -0.39 is 5.82 Å². The molecule has 0 amide bonds. The van der Waals surface area contributed by atoms with Crippen molar-refractivity contribution in [2.24, 2.45) is 0 Å². The first-order chi connectivity index (χ1) is 14.7. The number of carbonyl (C=O) groups excluding carboxylic acids is 1. The van der Waals surface area contributed by atoms with E-state index in [0.29, 0.717) is 11.3 Å². The summed E-state index contributed by atoms with van der Waals surface area (Å²) in [6, 6.07) is 8.77. The first-order valence-corrected chi connectivity index (χ1v) is 12.6. The van der Waals surface area contributed by atoms with E-state index in [2.05, 4.69) is 67.5 Å². The molecule has 0 heterocycles. The molecule has 176 valence electrons. The third kappa shape index (κ3) is 6.19. The zero-order chi connectivity index (χ0) is 24.3. The summed E-state index contributed by atoms with van der Waals surface area (Å²) in [6.45, 7) is 17.3. The molecule has 0 aliphatic rings. The van der Waals surface area contributed by atoms with E-state index in [1.165, 1.54) is 17.7 Å². The Labute approximate surface area is 195 Å². The topological polar surface area (TPSA) is 37.3 Å². The van der Waals surface area contributed by atoms with Gasteiger partial charge in [0.2, 0.25) is 0 Å². The number of hydrogen-bond acceptors (Lipinski definition) is 2. The van der Waals surface area contributed by atoms with Gasteiger partial charge in [-0.15, -0.1) is 0 Å². The summed E-state index contributed by atoms with van der Waals surface area (Å²) < 4.78 is 13.8. The van der Waals surface area contributed by atoms with Gasteiger partial charge in [-0.1, -0.05) is 101 Å². The molecule has 0 bridgehead atoms. The van der Waals surface area contributed by atoms with Gasteiger partial charge < -0.3 is 5.11 Å². The first-order valence-electron chi connectivity index (χ1n) is 11.6. The molecule has 2 aromatic carbocycles. The Hall–Kier alpha value is -1.73. The highest BCUT2D eigenvalue weighted by molar-refractivity contribution is 7.48. The van der Waals surface area contributed by atoms with Gasteiger partial charge in [0.25, 0.3) is 0 Å². The standard InChI is InChI=1S/C28H40FO2P/c1-9-10-11-14-28(8,32-24-13-12-21(29)15-19(24)18-30)23-17-20(26(2,3)4)16-22(25(23)31)27(5,6)7/h12-13,15-18,31-32H,9-11,14H2,1-8H3. The molecule has 2 rings (SSSR count). The van der Waals surface area contributed by atoms with Gasteiger partial charge in [0.05, 0.1) is 0 Å². The molecule has 0 fully saturated rings. The third-order valence-corrected chi connectivity index (χ3v) is 8.01. The van der Waals surface area contributed by atoms with Gasteiger partial charge in [-0.05, 0) is 45.8 Å². The highest BCUT2D eigenvalue weighted by atomic mass is 31.1. The number of aromatic hydroxyl groups is 1. The van der Waals surface area contributed by atoms with Crippen LogP contribution in [-0.2, 0) is 16.0 Å². The molecule has 4 heteroatoms. The van der Waals surface area contributed by atoms with E-state index in [-0.39, 0.29) is 24.6 Å². The lowest BCUT2D eigenvalue weighted by molar-refractivity contribution is 0.112. The number of phenolic OH excluding ortho intramolecular Hbond substituents is 1. The first kappa shape index (κ1) is 26.5. The van der Waals surface area contributed by atoms with Crippen LogP contribution >= 0.6 is 8.58 Å². The highest BCUT2D eigenvalue weighted by Gasteiger charge is 2.35. The average molecular weight is 459 g/mol. The van der Waals surface area contributed by atoms with Crippen molar-refractivity contribution in [3.8, 4) is 5.75 Å². The maximum absolute atomic E-state index is 13.8. The Balaban J connectivity index is 2.75. The molecule has 2 atom stereocenters. The van der Waals surface area contributed by atoms with Crippen LogP contribution in [0.3, 0.4) is 0 Å². The molecule has 0 spiro atoms. The van der Waals surface area contributed by atoms with Gasteiger partial charge in [-0.3, -0.25) is 4.79 Å². The smallest absolute Gasteiger partial charge is 0.150 e. The number of phenols is 1. The van der Waals surface area contributed by atoms with E-state index in [9.17, 15) is 14.3 Å². The molecule has 0 saturated heterocycles. The average Bonchev–Trinajstić information content (AvgIpc) is 2.67. The lowest BCUT2D eigenvalue weighted by Crippen LogP contribution is -2.25. The summed E-state index contributed by atoms with van der Waals surface area (Å²) in [4.78, 5) is 11.7. The molecule has 0 saturated carbocycles. The number of benzene rings is 2. The monoisotopic (exact) mass is 458 g/mol. The Bertz CT molecular complexity index is 953. The van der Waals surface area contributed by atoms with Crippen molar-refractivity contribution in [2.45, 2.75) is 97.1 Å². The number of unbranched alkanes of at least 4 members (excludes halogenated alkanes) is 2. The molecule has 0 aliphatic heterocycles. The lowest BCUT2D eigenvalue weighted by Gasteiger charge is -2.36. The molecule has 2 nitrogen and oxygen atoms in total. The van der Waals surface area contributed by atoms with Crippen molar-refractivity contribution in [3.05, 3.63) is 58.4 Å². The second kappa shape index (κ2) is 10.0. The fourth-order valence-corrected chi connectivity index (χ4v) is 5.76. The van der Waals surface area contributed by atoms with Crippen molar-refractivity contribution in [3.63, 3.8) is 0 Å². The maximum Gasteiger partial charge on any atom is 0.150 e. The maximum atomic E-state index is 13.8. The summed E-state index contributed by atoms with van der Waals surface area (Å²) in [5, 5.41) is 12.0. The molecule has 0 radical (unpaired) electrons. The number of aldehydes is 1. The number of carbonyl (C=O) groups is 1. The largest absolute Gasteiger partial charge is 0.507 e. The van der Waals surface area contributed by atoms with E-state index in [1.807, 2.05) is 0 Å². The zero-order valence-electron chi connectivity index (χ0n) is 21.0. The quantitative estimate of drug-likeness (QED) is 0.250. The summed E-state index contributed by atoms with van der Waals surface area (Å²) in [6.07, 6.45) is 4.87. The molecule has 2 unspecified atom stereocenters. The van der Waals surface area contributed by atoms with Gasteiger partial charge in [0.15, 0.2) is 6.29 Å². The van der Waals surface area contributed by atoms with Gasteiger partial charge in [-0.2, -0.15) is 0 Å². The van der Waals surface area contributed by atoms with E-state index in [1.54, 1.807) is 6.07 Å². The minimum absolute atomic E-state index is 0.0697. The molecule has 32 heavy (non-hydrogen) atoms. The lowest BCUT2D eigenvalue weighted by atomic mass is 9.77. The predicted octanol–water partition coefficient (Wildman–Crippen LogP) is 7.74. The van der Waals surface area contributed by atoms with Crippen LogP contribution in [0.1, 0.15) is 108 Å². The normalized spacial score (nSPS) is 14.7. The van der Waals surface area contributed by atoms with Crippen molar-refractivity contribution < 1.29 is 14.3 Å². The molecule has 0 aliphatic carbocycles. The van der Waals surface area contributed by atoms with Crippen LogP contribution < -0.4 is 5.30 Å². The van der Waals surface area contributed by atoms with Gasteiger partial charge in [0.1, 0.15) is 11.6 Å². The minimum Gasteiger partial charge on any atom is -0.507 e. The summed E-state index contributed by atoms with van der Waals surface area (Å²) in [5.41, 5.74) is 3.19. The van der Waals surface area contributed by atoms with Crippen LogP contribution in [0.5, 0.6) is 5.75 Å². The fraction of sp³-hybridized carbons (Fsp3) is 0.536. The summed E-state index contributed by atoms with van der Waals surface area (Å²) >= 11 is 0. The second-order valence-electron chi connectivity index (χ2n) is 11.2. The van der Waals surface area contributed by atoms with Crippen LogP contribution in [0.25, 0.3) is 0 Å². The van der Waals surface area contributed by atoms with Gasteiger partial charge in [0, 0.05) is 16.3 Å². The molecule has 2 aromatic rings. The summed E-state index contributed by atoms with van der Waals surface area (Å²) in [5.74, 6) is -0.0484.